The maximum Gasteiger partial charge on any atom is 0.185 e. The van der Waals surface area contributed by atoms with Gasteiger partial charge in [-0.05, 0) is 38.1 Å². The number of benzene rings is 1. The summed E-state index contributed by atoms with van der Waals surface area (Å²) in [6.07, 6.45) is 0. The third kappa shape index (κ3) is 2.63. The molecule has 0 aliphatic rings. The van der Waals surface area contributed by atoms with Crippen molar-refractivity contribution in [1.29, 1.82) is 0 Å². The summed E-state index contributed by atoms with van der Waals surface area (Å²) >= 11 is 0. The third-order valence-corrected chi connectivity index (χ3v) is 3.16. The van der Waals surface area contributed by atoms with Crippen LogP contribution in [0.5, 0.6) is 11.5 Å². The molecule has 0 fully saturated rings. The van der Waals surface area contributed by atoms with Crippen molar-refractivity contribution in [3.63, 3.8) is 0 Å². The predicted octanol–water partition coefficient (Wildman–Crippen LogP) is 2.95. The highest BCUT2D eigenvalue weighted by atomic mass is 16.5. The molecule has 0 aliphatic carbocycles. The van der Waals surface area contributed by atoms with Crippen molar-refractivity contribution in [2.45, 2.75) is 13.8 Å². The molecular formula is C16H16N4O2. The molecule has 22 heavy (non-hydrogen) atoms. The summed E-state index contributed by atoms with van der Waals surface area (Å²) in [6.45, 7) is 4.25. The Morgan fingerprint density at radius 2 is 1.95 bits per heavy atom. The lowest BCUT2D eigenvalue weighted by molar-refractivity contribution is 0.318. The number of aromatic hydroxyl groups is 1. The van der Waals surface area contributed by atoms with E-state index in [0.29, 0.717) is 35.3 Å². The van der Waals surface area contributed by atoms with E-state index < -0.39 is 0 Å². The van der Waals surface area contributed by atoms with Crippen LogP contribution in [0.1, 0.15) is 12.6 Å². The Morgan fingerprint density at radius 3 is 2.73 bits per heavy atom. The smallest absolute Gasteiger partial charge is 0.185 e. The normalized spacial score (nSPS) is 10.6. The minimum atomic E-state index is 0.0344. The van der Waals surface area contributed by atoms with Gasteiger partial charge in [-0.3, -0.25) is 5.10 Å². The van der Waals surface area contributed by atoms with Crippen molar-refractivity contribution >= 4 is 0 Å². The lowest BCUT2D eigenvalue weighted by Crippen LogP contribution is -1.93. The number of aromatic amines is 1. The first-order valence-corrected chi connectivity index (χ1v) is 7.00. The van der Waals surface area contributed by atoms with Crippen molar-refractivity contribution in [2.24, 2.45) is 0 Å². The first kappa shape index (κ1) is 14.1. The van der Waals surface area contributed by atoms with Gasteiger partial charge in [0.2, 0.25) is 0 Å². The highest BCUT2D eigenvalue weighted by Crippen LogP contribution is 2.35. The van der Waals surface area contributed by atoms with Gasteiger partial charge in [0.1, 0.15) is 5.69 Å². The molecule has 6 nitrogen and oxygen atoms in total. The van der Waals surface area contributed by atoms with Gasteiger partial charge in [-0.15, -0.1) is 0 Å². The number of hydrogen-bond donors (Lipinski definition) is 2. The zero-order valence-electron chi connectivity index (χ0n) is 12.4. The highest BCUT2D eigenvalue weighted by Gasteiger charge is 2.15. The molecular weight excluding hydrogens is 280 g/mol. The van der Waals surface area contributed by atoms with E-state index >= 15 is 0 Å². The van der Waals surface area contributed by atoms with Crippen LogP contribution in [-0.4, -0.2) is 31.9 Å². The van der Waals surface area contributed by atoms with Gasteiger partial charge in [0.05, 0.1) is 12.2 Å². The molecule has 0 atom stereocenters. The van der Waals surface area contributed by atoms with Crippen LogP contribution in [0, 0.1) is 6.92 Å². The lowest BCUT2D eigenvalue weighted by Gasteiger charge is -2.07. The molecule has 0 spiro atoms. The number of nitrogens with zero attached hydrogens (tertiary/aromatic N) is 3. The first-order chi connectivity index (χ1) is 10.7. The molecule has 3 aromatic rings. The number of para-hydroxylation sites is 1. The minimum Gasteiger partial charge on any atom is -0.504 e. The van der Waals surface area contributed by atoms with Crippen LogP contribution < -0.4 is 4.74 Å². The number of ether oxygens (including phenoxy) is 1. The molecule has 2 heterocycles. The monoisotopic (exact) mass is 296 g/mol. The molecule has 0 radical (unpaired) electrons. The number of rotatable bonds is 4. The third-order valence-electron chi connectivity index (χ3n) is 3.16. The van der Waals surface area contributed by atoms with Crippen LogP contribution in [0.15, 0.2) is 36.4 Å². The Hall–Kier alpha value is -2.89. The largest absolute Gasteiger partial charge is 0.504 e. The fourth-order valence-corrected chi connectivity index (χ4v) is 2.15. The minimum absolute atomic E-state index is 0.0344. The maximum absolute atomic E-state index is 10.3. The van der Waals surface area contributed by atoms with Gasteiger partial charge in [0, 0.05) is 5.69 Å². The van der Waals surface area contributed by atoms with Gasteiger partial charge in [-0.1, -0.05) is 12.1 Å². The molecule has 2 aromatic heterocycles. The Balaban J connectivity index is 1.99. The van der Waals surface area contributed by atoms with Crippen molar-refractivity contribution < 1.29 is 9.84 Å². The average molecular weight is 296 g/mol. The van der Waals surface area contributed by atoms with Crippen LogP contribution in [0.3, 0.4) is 0 Å². The van der Waals surface area contributed by atoms with Crippen LogP contribution in [-0.2, 0) is 0 Å². The molecule has 0 aliphatic heterocycles. The topological polar surface area (TPSA) is 83.9 Å². The summed E-state index contributed by atoms with van der Waals surface area (Å²) in [6, 6.07) is 10.9. The fourth-order valence-electron chi connectivity index (χ4n) is 2.15. The standard InChI is InChI=1S/C16H16N4O2/c1-3-22-13-9-5-7-11(14(13)21)15-18-16(20-19-15)12-8-4-6-10(2)17-12/h4-9,21H,3H2,1-2H3,(H,18,19,20). The summed E-state index contributed by atoms with van der Waals surface area (Å²) in [5, 5.41) is 17.3. The van der Waals surface area contributed by atoms with Crippen LogP contribution in [0.4, 0.5) is 0 Å². The average Bonchev–Trinajstić information content (AvgIpc) is 2.99. The van der Waals surface area contributed by atoms with E-state index in [4.69, 9.17) is 4.74 Å². The molecule has 2 N–H and O–H groups in total. The van der Waals surface area contributed by atoms with E-state index in [1.165, 1.54) is 0 Å². The second-order valence-corrected chi connectivity index (χ2v) is 4.76. The number of pyridine rings is 1. The van der Waals surface area contributed by atoms with E-state index in [-0.39, 0.29) is 5.75 Å². The number of H-pyrrole nitrogens is 1. The molecule has 112 valence electrons. The van der Waals surface area contributed by atoms with Crippen LogP contribution >= 0.6 is 0 Å². The van der Waals surface area contributed by atoms with Crippen molar-refractivity contribution in [1.82, 2.24) is 20.2 Å². The molecule has 6 heteroatoms. The van der Waals surface area contributed by atoms with Crippen LogP contribution in [0.2, 0.25) is 0 Å². The molecule has 0 unspecified atom stereocenters. The number of phenolic OH excluding ortho intramolecular Hbond substituents is 1. The predicted molar refractivity (Wildman–Crippen MR) is 82.6 cm³/mol. The van der Waals surface area contributed by atoms with Crippen molar-refractivity contribution in [3.05, 3.63) is 42.1 Å². The molecule has 3 rings (SSSR count). The van der Waals surface area contributed by atoms with E-state index in [2.05, 4.69) is 20.2 Å². The van der Waals surface area contributed by atoms with Gasteiger partial charge < -0.3 is 9.84 Å². The SMILES string of the molecule is CCOc1cccc(-c2n[nH]c(-c3cccc(C)n3)n2)c1O. The fraction of sp³-hybridized carbons (Fsp3) is 0.188. The molecule has 0 amide bonds. The van der Waals surface area contributed by atoms with E-state index in [9.17, 15) is 5.11 Å². The van der Waals surface area contributed by atoms with Gasteiger partial charge in [-0.25, -0.2) is 9.97 Å². The second kappa shape index (κ2) is 5.85. The van der Waals surface area contributed by atoms with Crippen LogP contribution in [0.25, 0.3) is 22.9 Å². The number of aryl methyl sites for hydroxylation is 1. The summed E-state index contributed by atoms with van der Waals surface area (Å²) in [7, 11) is 0. The van der Waals surface area contributed by atoms with Crippen molar-refractivity contribution in [3.8, 4) is 34.4 Å². The Bertz CT molecular complexity index is 798. The number of hydrogen-bond acceptors (Lipinski definition) is 5. The van der Waals surface area contributed by atoms with E-state index in [1.807, 2.05) is 32.0 Å². The van der Waals surface area contributed by atoms with Gasteiger partial charge >= 0.3 is 0 Å². The van der Waals surface area contributed by atoms with E-state index in [0.717, 1.165) is 5.69 Å². The number of aromatic nitrogens is 4. The highest BCUT2D eigenvalue weighted by molar-refractivity contribution is 5.69. The first-order valence-electron chi connectivity index (χ1n) is 7.00. The lowest BCUT2D eigenvalue weighted by atomic mass is 10.2. The Kier molecular flexibility index (Phi) is 3.74. The quantitative estimate of drug-likeness (QED) is 0.773. The molecule has 0 bridgehead atoms. The zero-order valence-corrected chi connectivity index (χ0v) is 12.4. The summed E-state index contributed by atoms with van der Waals surface area (Å²) < 4.78 is 5.38. The summed E-state index contributed by atoms with van der Waals surface area (Å²) in [4.78, 5) is 8.81. The Morgan fingerprint density at radius 1 is 1.14 bits per heavy atom. The van der Waals surface area contributed by atoms with Gasteiger partial charge in [0.15, 0.2) is 23.1 Å². The summed E-state index contributed by atoms with van der Waals surface area (Å²) in [5.74, 6) is 1.41. The number of nitrogens with one attached hydrogen (secondary N) is 1. The maximum atomic E-state index is 10.3. The van der Waals surface area contributed by atoms with Gasteiger partial charge in [-0.2, -0.15) is 5.10 Å². The molecule has 0 saturated carbocycles. The summed E-state index contributed by atoms with van der Waals surface area (Å²) in [5.41, 5.74) is 2.12. The Labute approximate surface area is 127 Å². The van der Waals surface area contributed by atoms with Gasteiger partial charge in [0.25, 0.3) is 0 Å². The molecule has 0 saturated heterocycles. The number of phenols is 1. The molecule has 1 aromatic carbocycles. The zero-order chi connectivity index (χ0) is 15.5. The van der Waals surface area contributed by atoms with Crippen molar-refractivity contribution in [2.75, 3.05) is 6.61 Å². The van der Waals surface area contributed by atoms with E-state index in [1.54, 1.807) is 18.2 Å². The second-order valence-electron chi connectivity index (χ2n) is 4.76.